The zero-order chi connectivity index (χ0) is 16.4. The van der Waals surface area contributed by atoms with Crippen LogP contribution < -0.4 is 4.90 Å². The average Bonchev–Trinajstić information content (AvgIpc) is 3.16. The summed E-state index contributed by atoms with van der Waals surface area (Å²) in [6.45, 7) is 5.57. The molecule has 1 aliphatic rings. The van der Waals surface area contributed by atoms with Crippen LogP contribution in [0, 0.1) is 11.2 Å². The maximum Gasteiger partial charge on any atom is 0.313 e. The monoisotopic (exact) mass is 334 g/mol. The molecule has 0 radical (unpaired) electrons. The van der Waals surface area contributed by atoms with Gasteiger partial charge in [-0.1, -0.05) is 0 Å². The van der Waals surface area contributed by atoms with Crippen molar-refractivity contribution in [3.63, 3.8) is 0 Å². The Kier molecular flexibility index (Phi) is 4.35. The van der Waals surface area contributed by atoms with Gasteiger partial charge >= 0.3 is 5.97 Å². The second-order valence-corrected chi connectivity index (χ2v) is 6.81. The van der Waals surface area contributed by atoms with Crippen LogP contribution in [0.2, 0.25) is 0 Å². The second-order valence-electron chi connectivity index (χ2n) is 5.97. The van der Waals surface area contributed by atoms with E-state index >= 15 is 0 Å². The van der Waals surface area contributed by atoms with Gasteiger partial charge in [0.25, 0.3) is 0 Å². The van der Waals surface area contributed by atoms with Crippen molar-refractivity contribution in [2.24, 2.45) is 5.41 Å². The van der Waals surface area contributed by atoms with Crippen molar-refractivity contribution in [3.8, 4) is 11.3 Å². The molecule has 1 saturated heterocycles. The van der Waals surface area contributed by atoms with Gasteiger partial charge in [0.15, 0.2) is 5.13 Å². The lowest BCUT2D eigenvalue weighted by Gasteiger charge is -2.22. The molecule has 6 heteroatoms. The zero-order valence-electron chi connectivity index (χ0n) is 13.2. The minimum Gasteiger partial charge on any atom is -0.466 e. The van der Waals surface area contributed by atoms with Crippen molar-refractivity contribution >= 4 is 22.4 Å². The predicted octanol–water partition coefficient (Wildman–Crippen LogP) is 3.73. The van der Waals surface area contributed by atoms with E-state index in [9.17, 15) is 9.18 Å². The fraction of sp³-hybridized carbons (Fsp3) is 0.412. The first kappa shape index (κ1) is 15.9. The van der Waals surface area contributed by atoms with E-state index in [0.717, 1.165) is 29.4 Å². The largest absolute Gasteiger partial charge is 0.466 e. The molecule has 0 amide bonds. The Morgan fingerprint density at radius 3 is 2.87 bits per heavy atom. The van der Waals surface area contributed by atoms with Gasteiger partial charge < -0.3 is 9.64 Å². The van der Waals surface area contributed by atoms with Gasteiger partial charge in [0.05, 0.1) is 17.7 Å². The van der Waals surface area contributed by atoms with E-state index in [4.69, 9.17) is 4.74 Å². The molecular formula is C17H19FN2O2S. The molecule has 122 valence electrons. The number of thiazole rings is 1. The number of nitrogens with zero attached hydrogens (tertiary/aromatic N) is 2. The topological polar surface area (TPSA) is 42.4 Å². The first-order valence-electron chi connectivity index (χ1n) is 7.65. The van der Waals surface area contributed by atoms with E-state index in [2.05, 4.69) is 9.88 Å². The highest BCUT2D eigenvalue weighted by Crippen LogP contribution is 2.36. The Bertz CT molecular complexity index is 701. The molecule has 1 aromatic heterocycles. The molecule has 0 aliphatic carbocycles. The van der Waals surface area contributed by atoms with E-state index in [1.54, 1.807) is 23.5 Å². The van der Waals surface area contributed by atoms with Gasteiger partial charge in [0.2, 0.25) is 0 Å². The smallest absolute Gasteiger partial charge is 0.313 e. The molecule has 1 unspecified atom stereocenters. The van der Waals surface area contributed by atoms with Crippen molar-refractivity contribution < 1.29 is 13.9 Å². The summed E-state index contributed by atoms with van der Waals surface area (Å²) in [5, 5.41) is 2.85. The van der Waals surface area contributed by atoms with Crippen molar-refractivity contribution in [2.45, 2.75) is 20.3 Å². The fourth-order valence-electron chi connectivity index (χ4n) is 2.76. The third-order valence-electron chi connectivity index (χ3n) is 4.14. The Balaban J connectivity index is 1.74. The maximum atomic E-state index is 13.0. The minimum absolute atomic E-state index is 0.141. The summed E-state index contributed by atoms with van der Waals surface area (Å²) in [6.07, 6.45) is 0.761. The normalized spacial score (nSPS) is 20.7. The molecule has 0 saturated carbocycles. The SMILES string of the molecule is CCOC(=O)C1(C)CCN(c2nc(-c3ccc(F)cc3)cs2)C1. The van der Waals surface area contributed by atoms with Crippen molar-refractivity contribution in [1.29, 1.82) is 0 Å². The third kappa shape index (κ3) is 3.22. The van der Waals surface area contributed by atoms with Crippen molar-refractivity contribution in [2.75, 3.05) is 24.6 Å². The number of carbonyl (C=O) groups is 1. The minimum atomic E-state index is -0.474. The molecule has 2 heterocycles. The summed E-state index contributed by atoms with van der Waals surface area (Å²) in [5.74, 6) is -0.397. The van der Waals surface area contributed by atoms with Crippen LogP contribution >= 0.6 is 11.3 Å². The number of aromatic nitrogens is 1. The molecule has 0 bridgehead atoms. The fourth-order valence-corrected chi connectivity index (χ4v) is 3.62. The number of ether oxygens (including phenoxy) is 1. The number of hydrogen-bond donors (Lipinski definition) is 0. The number of carbonyl (C=O) groups excluding carboxylic acids is 1. The van der Waals surface area contributed by atoms with Crippen LogP contribution in [-0.4, -0.2) is 30.6 Å². The molecule has 23 heavy (non-hydrogen) atoms. The first-order valence-corrected chi connectivity index (χ1v) is 8.53. The Morgan fingerprint density at radius 2 is 2.17 bits per heavy atom. The Morgan fingerprint density at radius 1 is 1.43 bits per heavy atom. The van der Waals surface area contributed by atoms with E-state index in [1.807, 2.05) is 19.2 Å². The van der Waals surface area contributed by atoms with Crippen molar-refractivity contribution in [3.05, 3.63) is 35.5 Å². The van der Waals surface area contributed by atoms with Crippen LogP contribution in [0.4, 0.5) is 9.52 Å². The zero-order valence-corrected chi connectivity index (χ0v) is 14.0. The van der Waals surface area contributed by atoms with Crippen LogP contribution in [0.15, 0.2) is 29.6 Å². The van der Waals surface area contributed by atoms with Crippen LogP contribution in [0.5, 0.6) is 0 Å². The van der Waals surface area contributed by atoms with Gasteiger partial charge in [-0.3, -0.25) is 4.79 Å². The average molecular weight is 334 g/mol. The summed E-state index contributed by atoms with van der Waals surface area (Å²) >= 11 is 1.54. The van der Waals surface area contributed by atoms with Gasteiger partial charge in [-0.2, -0.15) is 0 Å². The number of esters is 1. The van der Waals surface area contributed by atoms with Gasteiger partial charge in [-0.15, -0.1) is 11.3 Å². The summed E-state index contributed by atoms with van der Waals surface area (Å²) in [5.41, 5.74) is 1.24. The van der Waals surface area contributed by atoms with E-state index in [0.29, 0.717) is 13.2 Å². The summed E-state index contributed by atoms with van der Waals surface area (Å²) in [7, 11) is 0. The molecule has 1 fully saturated rings. The molecule has 0 N–H and O–H groups in total. The van der Waals surface area contributed by atoms with Gasteiger partial charge in [-0.05, 0) is 44.5 Å². The lowest BCUT2D eigenvalue weighted by molar-refractivity contribution is -0.153. The van der Waals surface area contributed by atoms with Crippen LogP contribution in [0.1, 0.15) is 20.3 Å². The molecule has 1 aromatic carbocycles. The molecule has 1 atom stereocenters. The Labute approximate surface area is 138 Å². The molecule has 0 spiro atoms. The number of hydrogen-bond acceptors (Lipinski definition) is 5. The molecule has 4 nitrogen and oxygen atoms in total. The lowest BCUT2D eigenvalue weighted by Crippen LogP contribution is -2.33. The predicted molar refractivity (Wildman–Crippen MR) is 89.1 cm³/mol. The summed E-state index contributed by atoms with van der Waals surface area (Å²) in [6, 6.07) is 6.31. The van der Waals surface area contributed by atoms with Crippen LogP contribution in [0.3, 0.4) is 0 Å². The summed E-state index contributed by atoms with van der Waals surface area (Å²) in [4.78, 5) is 18.9. The lowest BCUT2D eigenvalue weighted by atomic mass is 9.90. The molecule has 2 aromatic rings. The number of benzene rings is 1. The van der Waals surface area contributed by atoms with Gasteiger partial charge in [0, 0.05) is 24.0 Å². The van der Waals surface area contributed by atoms with E-state index in [1.165, 1.54) is 12.1 Å². The Hall–Kier alpha value is -1.95. The van der Waals surface area contributed by atoms with E-state index in [-0.39, 0.29) is 11.8 Å². The van der Waals surface area contributed by atoms with E-state index < -0.39 is 5.41 Å². The highest BCUT2D eigenvalue weighted by atomic mass is 32.1. The second kappa shape index (κ2) is 6.28. The third-order valence-corrected chi connectivity index (χ3v) is 5.05. The highest BCUT2D eigenvalue weighted by Gasteiger charge is 2.42. The quantitative estimate of drug-likeness (QED) is 0.799. The number of anilines is 1. The number of rotatable bonds is 4. The maximum absolute atomic E-state index is 13.0. The standard InChI is InChI=1S/C17H19FN2O2S/c1-3-22-15(21)17(2)8-9-20(11-17)16-19-14(10-23-16)12-4-6-13(18)7-5-12/h4-7,10H,3,8-9,11H2,1-2H3. The molecule has 3 rings (SSSR count). The van der Waals surface area contributed by atoms with Crippen LogP contribution in [0.25, 0.3) is 11.3 Å². The summed E-state index contributed by atoms with van der Waals surface area (Å²) < 4.78 is 18.2. The first-order chi connectivity index (χ1) is 11.0. The van der Waals surface area contributed by atoms with Gasteiger partial charge in [-0.25, -0.2) is 9.37 Å². The number of halogens is 1. The van der Waals surface area contributed by atoms with Crippen molar-refractivity contribution in [1.82, 2.24) is 4.98 Å². The molecule has 1 aliphatic heterocycles. The molecular weight excluding hydrogens is 315 g/mol. The van der Waals surface area contributed by atoms with Crippen LogP contribution in [-0.2, 0) is 9.53 Å². The van der Waals surface area contributed by atoms with Gasteiger partial charge in [0.1, 0.15) is 5.82 Å². The highest BCUT2D eigenvalue weighted by molar-refractivity contribution is 7.14.